The lowest BCUT2D eigenvalue weighted by Gasteiger charge is -2.21. The van der Waals surface area contributed by atoms with E-state index in [1.807, 2.05) is 48.5 Å². The summed E-state index contributed by atoms with van der Waals surface area (Å²) in [5.74, 6) is 1.44. The smallest absolute Gasteiger partial charge is 0.262 e. The Balaban J connectivity index is 1.91. The van der Waals surface area contributed by atoms with Crippen LogP contribution in [0.15, 0.2) is 65.8 Å². The average molecular weight is 401 g/mol. The molecule has 3 rings (SSSR count). The first-order valence-corrected chi connectivity index (χ1v) is 10.1. The minimum absolute atomic E-state index is 0.0250. The molecular weight excluding hydrogens is 378 g/mol. The van der Waals surface area contributed by atoms with Gasteiger partial charge in [0.1, 0.15) is 11.5 Å². The zero-order valence-corrected chi connectivity index (χ0v) is 16.9. The van der Waals surface area contributed by atoms with E-state index in [2.05, 4.69) is 5.10 Å². The molecule has 1 heterocycles. The van der Waals surface area contributed by atoms with Crippen LogP contribution in [0.4, 0.5) is 0 Å². The summed E-state index contributed by atoms with van der Waals surface area (Å²) in [6.07, 6.45) is 1.62. The highest BCUT2D eigenvalue weighted by Gasteiger charge is 2.27. The van der Waals surface area contributed by atoms with Crippen molar-refractivity contribution in [3.05, 3.63) is 71.9 Å². The third-order valence-corrected chi connectivity index (χ3v) is 6.01. The zero-order chi connectivity index (χ0) is 20.1. The van der Waals surface area contributed by atoms with Crippen molar-refractivity contribution in [2.45, 2.75) is 18.1 Å². The summed E-state index contributed by atoms with van der Waals surface area (Å²) in [5, 5.41) is 4.11. The number of hydrogen-bond acceptors (Lipinski definition) is 5. The predicted molar refractivity (Wildman–Crippen MR) is 106 cm³/mol. The number of nitrogens with zero attached hydrogens (tertiary/aromatic N) is 3. The van der Waals surface area contributed by atoms with Gasteiger partial charge in [-0.15, -0.1) is 0 Å². The van der Waals surface area contributed by atoms with Crippen LogP contribution in [0.5, 0.6) is 11.5 Å². The van der Waals surface area contributed by atoms with Gasteiger partial charge in [0.15, 0.2) is 5.03 Å². The summed E-state index contributed by atoms with van der Waals surface area (Å²) in [6.45, 7) is 0.434. The molecule has 0 radical (unpaired) electrons. The van der Waals surface area contributed by atoms with Crippen molar-refractivity contribution < 1.29 is 17.9 Å². The van der Waals surface area contributed by atoms with E-state index in [0.29, 0.717) is 0 Å². The Kier molecular flexibility index (Phi) is 6.01. The first-order valence-electron chi connectivity index (χ1n) is 8.68. The molecule has 0 aliphatic carbocycles. The van der Waals surface area contributed by atoms with E-state index < -0.39 is 10.0 Å². The van der Waals surface area contributed by atoms with Crippen molar-refractivity contribution in [1.82, 2.24) is 14.1 Å². The van der Waals surface area contributed by atoms with Crippen LogP contribution in [0.25, 0.3) is 0 Å². The molecule has 0 atom stereocenters. The molecule has 0 fully saturated rings. The van der Waals surface area contributed by atoms with Crippen molar-refractivity contribution in [3.8, 4) is 11.5 Å². The molecular formula is C20H23N3O4S. The normalized spacial score (nSPS) is 11.6. The molecule has 0 saturated carbocycles. The maximum absolute atomic E-state index is 13.2. The Morgan fingerprint density at radius 1 is 0.857 bits per heavy atom. The van der Waals surface area contributed by atoms with Crippen LogP contribution in [0.3, 0.4) is 0 Å². The molecule has 28 heavy (non-hydrogen) atoms. The number of benzene rings is 2. The van der Waals surface area contributed by atoms with E-state index in [9.17, 15) is 8.42 Å². The maximum Gasteiger partial charge on any atom is 0.262 e. The third kappa shape index (κ3) is 4.52. The largest absolute Gasteiger partial charge is 0.497 e. The lowest BCUT2D eigenvalue weighted by atomic mass is 10.2. The quantitative estimate of drug-likeness (QED) is 0.580. The number of hydrogen-bond donors (Lipinski definition) is 0. The second-order valence-electron chi connectivity index (χ2n) is 6.30. The molecule has 0 aliphatic heterocycles. The van der Waals surface area contributed by atoms with Crippen LogP contribution in [0.2, 0.25) is 0 Å². The molecule has 3 aromatic rings. The zero-order valence-electron chi connectivity index (χ0n) is 16.1. The minimum Gasteiger partial charge on any atom is -0.497 e. The SMILES string of the molecule is COc1ccc(CN(Cc2ccc(OC)cc2)S(=O)(=O)c2ccn(C)n2)cc1. The number of sulfonamides is 1. The van der Waals surface area contributed by atoms with Crippen LogP contribution >= 0.6 is 0 Å². The van der Waals surface area contributed by atoms with Crippen molar-refractivity contribution in [1.29, 1.82) is 0 Å². The van der Waals surface area contributed by atoms with Crippen molar-refractivity contribution in [2.24, 2.45) is 7.05 Å². The summed E-state index contributed by atoms with van der Waals surface area (Å²) in [4.78, 5) is 0. The molecule has 0 unspecified atom stereocenters. The Morgan fingerprint density at radius 3 is 1.68 bits per heavy atom. The van der Waals surface area contributed by atoms with E-state index in [1.54, 1.807) is 27.5 Å². The minimum atomic E-state index is -3.77. The number of ether oxygens (including phenoxy) is 2. The Bertz CT molecular complexity index is 963. The fourth-order valence-electron chi connectivity index (χ4n) is 2.76. The van der Waals surface area contributed by atoms with Crippen molar-refractivity contribution >= 4 is 10.0 Å². The van der Waals surface area contributed by atoms with Crippen LogP contribution in [-0.4, -0.2) is 36.7 Å². The van der Waals surface area contributed by atoms with Crippen LogP contribution in [0, 0.1) is 0 Å². The molecule has 0 spiro atoms. The summed E-state index contributed by atoms with van der Waals surface area (Å²) < 4.78 is 39.6. The molecule has 148 valence electrons. The number of aromatic nitrogens is 2. The predicted octanol–water partition coefficient (Wildman–Crippen LogP) is 2.83. The average Bonchev–Trinajstić information content (AvgIpc) is 3.16. The maximum atomic E-state index is 13.2. The molecule has 0 bridgehead atoms. The summed E-state index contributed by atoms with van der Waals surface area (Å²) >= 11 is 0. The first kappa shape index (κ1) is 19.9. The molecule has 0 aliphatic rings. The van der Waals surface area contributed by atoms with Gasteiger partial charge in [0, 0.05) is 26.3 Å². The number of rotatable bonds is 8. The lowest BCUT2D eigenvalue weighted by molar-refractivity contribution is 0.395. The van der Waals surface area contributed by atoms with E-state index in [-0.39, 0.29) is 18.1 Å². The van der Waals surface area contributed by atoms with Gasteiger partial charge < -0.3 is 9.47 Å². The Morgan fingerprint density at radius 2 is 1.32 bits per heavy atom. The second kappa shape index (κ2) is 8.45. The van der Waals surface area contributed by atoms with E-state index in [0.717, 1.165) is 22.6 Å². The molecule has 1 aromatic heterocycles. The highest BCUT2D eigenvalue weighted by molar-refractivity contribution is 7.89. The van der Waals surface area contributed by atoms with Crippen molar-refractivity contribution in [3.63, 3.8) is 0 Å². The second-order valence-corrected chi connectivity index (χ2v) is 8.18. The first-order chi connectivity index (χ1) is 13.4. The highest BCUT2D eigenvalue weighted by atomic mass is 32.2. The number of methoxy groups -OCH3 is 2. The van der Waals surface area contributed by atoms with Gasteiger partial charge in [0.25, 0.3) is 10.0 Å². The van der Waals surface area contributed by atoms with Gasteiger partial charge in [-0.2, -0.15) is 9.40 Å². The van der Waals surface area contributed by atoms with Gasteiger partial charge in [0.2, 0.25) is 0 Å². The van der Waals surface area contributed by atoms with Gasteiger partial charge in [-0.1, -0.05) is 24.3 Å². The monoisotopic (exact) mass is 401 g/mol. The standard InChI is InChI=1S/C20H23N3O4S/c1-22-13-12-20(21-22)28(24,25)23(14-16-4-8-18(26-2)9-5-16)15-17-6-10-19(27-3)11-7-17/h4-13H,14-15H2,1-3H3. The van der Waals surface area contributed by atoms with Gasteiger partial charge >= 0.3 is 0 Å². The number of aryl methyl sites for hydroxylation is 1. The fourth-order valence-corrected chi connectivity index (χ4v) is 4.13. The van der Waals surface area contributed by atoms with Crippen LogP contribution < -0.4 is 9.47 Å². The molecule has 0 N–H and O–H groups in total. The summed E-state index contributed by atoms with van der Waals surface area (Å²) in [5.41, 5.74) is 1.71. The van der Waals surface area contributed by atoms with Gasteiger partial charge in [-0.25, -0.2) is 8.42 Å². The van der Waals surface area contributed by atoms with E-state index >= 15 is 0 Å². The van der Waals surface area contributed by atoms with Gasteiger partial charge in [0.05, 0.1) is 14.2 Å². The topological polar surface area (TPSA) is 73.7 Å². The molecule has 2 aromatic carbocycles. The van der Waals surface area contributed by atoms with E-state index in [4.69, 9.17) is 9.47 Å². The van der Waals surface area contributed by atoms with Gasteiger partial charge in [-0.05, 0) is 41.5 Å². The molecule has 7 nitrogen and oxygen atoms in total. The van der Waals surface area contributed by atoms with Crippen molar-refractivity contribution in [2.75, 3.05) is 14.2 Å². The van der Waals surface area contributed by atoms with Gasteiger partial charge in [-0.3, -0.25) is 4.68 Å². The lowest BCUT2D eigenvalue weighted by Crippen LogP contribution is -2.30. The molecule has 0 amide bonds. The third-order valence-electron chi connectivity index (χ3n) is 4.33. The Hall–Kier alpha value is -2.84. The summed E-state index contributed by atoms with van der Waals surface area (Å²) in [6, 6.07) is 16.2. The van der Waals surface area contributed by atoms with Crippen LogP contribution in [0.1, 0.15) is 11.1 Å². The van der Waals surface area contributed by atoms with Crippen LogP contribution in [-0.2, 0) is 30.2 Å². The Labute approximate surface area is 165 Å². The summed E-state index contributed by atoms with van der Waals surface area (Å²) in [7, 11) is 1.11. The fraction of sp³-hybridized carbons (Fsp3) is 0.250. The molecule has 0 saturated heterocycles. The molecule has 8 heteroatoms. The highest BCUT2D eigenvalue weighted by Crippen LogP contribution is 2.22. The van der Waals surface area contributed by atoms with E-state index in [1.165, 1.54) is 15.1 Å².